The van der Waals surface area contributed by atoms with E-state index in [1.807, 2.05) is 13.0 Å². The third-order valence-electron chi connectivity index (χ3n) is 3.35. The summed E-state index contributed by atoms with van der Waals surface area (Å²) in [5.41, 5.74) is 4.31. The van der Waals surface area contributed by atoms with E-state index in [4.69, 9.17) is 9.47 Å². The zero-order valence-electron chi connectivity index (χ0n) is 14.4. The summed E-state index contributed by atoms with van der Waals surface area (Å²) in [4.78, 5) is 24.5. The van der Waals surface area contributed by atoms with Gasteiger partial charge in [0.15, 0.2) is 0 Å². The highest BCUT2D eigenvalue weighted by atomic mass is 16.6. The first-order chi connectivity index (χ1) is 12.0. The van der Waals surface area contributed by atoms with Gasteiger partial charge in [-0.2, -0.15) is 5.01 Å². The maximum Gasteiger partial charge on any atom is 0.426 e. The van der Waals surface area contributed by atoms with Gasteiger partial charge in [-0.25, -0.2) is 15.0 Å². The third kappa shape index (κ3) is 4.87. The summed E-state index contributed by atoms with van der Waals surface area (Å²) in [6, 6.07) is 13.6. The van der Waals surface area contributed by atoms with Crippen molar-refractivity contribution in [1.29, 1.82) is 0 Å². The first-order valence-corrected chi connectivity index (χ1v) is 7.79. The van der Waals surface area contributed by atoms with Crippen molar-refractivity contribution in [2.24, 2.45) is 0 Å². The Morgan fingerprint density at radius 2 is 1.84 bits per heavy atom. The van der Waals surface area contributed by atoms with Gasteiger partial charge < -0.3 is 14.8 Å². The van der Waals surface area contributed by atoms with Crippen LogP contribution in [-0.2, 0) is 4.74 Å². The number of carbonyl (C=O) groups excluding carboxylic acids is 2. The highest BCUT2D eigenvalue weighted by molar-refractivity contribution is 6.03. The van der Waals surface area contributed by atoms with Gasteiger partial charge in [-0.05, 0) is 49.7 Å². The molecule has 0 saturated heterocycles. The number of benzene rings is 2. The Kier molecular flexibility index (Phi) is 6.22. The minimum atomic E-state index is -0.721. The Morgan fingerprint density at radius 1 is 1.12 bits per heavy atom. The fourth-order valence-electron chi connectivity index (χ4n) is 2.18. The van der Waals surface area contributed by atoms with Gasteiger partial charge >= 0.3 is 12.1 Å². The molecular formula is C18H21N3O4. The predicted molar refractivity (Wildman–Crippen MR) is 95.8 cm³/mol. The van der Waals surface area contributed by atoms with Gasteiger partial charge in [-0.3, -0.25) is 0 Å². The first kappa shape index (κ1) is 18.1. The topological polar surface area (TPSA) is 79.9 Å². The van der Waals surface area contributed by atoms with Crippen LogP contribution in [0.4, 0.5) is 21.0 Å². The molecule has 2 N–H and O–H groups in total. The SMILES string of the molecule is CCOC(=O)NN(C(=O)Nc1ccccc1)c1ccc(OC)cc1C. The lowest BCUT2D eigenvalue weighted by molar-refractivity contribution is 0.151. The number of carbonyl (C=O) groups is 2. The standard InChI is InChI=1S/C18H21N3O4/c1-4-25-18(23)20-21(16-11-10-15(24-3)12-13(16)2)17(22)19-14-8-6-5-7-9-14/h5-12H,4H2,1-3H3,(H,19,22)(H,20,23). The number of nitrogens with one attached hydrogen (secondary N) is 2. The van der Waals surface area contributed by atoms with E-state index in [1.165, 1.54) is 0 Å². The minimum absolute atomic E-state index is 0.196. The van der Waals surface area contributed by atoms with Crippen molar-refractivity contribution >= 4 is 23.5 Å². The second kappa shape index (κ2) is 8.58. The van der Waals surface area contributed by atoms with Crippen molar-refractivity contribution < 1.29 is 19.1 Å². The maximum atomic E-state index is 12.7. The summed E-state index contributed by atoms with van der Waals surface area (Å²) in [7, 11) is 1.56. The number of urea groups is 1. The molecule has 2 rings (SSSR count). The summed E-state index contributed by atoms with van der Waals surface area (Å²) in [5.74, 6) is 0.654. The summed E-state index contributed by atoms with van der Waals surface area (Å²) in [6.45, 7) is 3.70. The van der Waals surface area contributed by atoms with Gasteiger partial charge in [0.25, 0.3) is 0 Å². The number of nitrogens with zero attached hydrogens (tertiary/aromatic N) is 1. The molecule has 0 bridgehead atoms. The molecule has 0 unspecified atom stereocenters. The van der Waals surface area contributed by atoms with E-state index in [0.29, 0.717) is 17.1 Å². The molecule has 132 valence electrons. The normalized spacial score (nSPS) is 9.88. The molecule has 2 aromatic rings. The van der Waals surface area contributed by atoms with Crippen LogP contribution in [0, 0.1) is 6.92 Å². The number of methoxy groups -OCH3 is 1. The molecule has 25 heavy (non-hydrogen) atoms. The van der Waals surface area contributed by atoms with Crippen molar-refractivity contribution in [1.82, 2.24) is 5.43 Å². The predicted octanol–water partition coefficient (Wildman–Crippen LogP) is 3.70. The molecule has 0 radical (unpaired) electrons. The number of anilines is 2. The molecule has 0 spiro atoms. The van der Waals surface area contributed by atoms with Crippen molar-refractivity contribution in [2.45, 2.75) is 13.8 Å². The molecule has 0 fully saturated rings. The fourth-order valence-corrected chi connectivity index (χ4v) is 2.18. The van der Waals surface area contributed by atoms with Crippen molar-refractivity contribution in [2.75, 3.05) is 24.0 Å². The van der Waals surface area contributed by atoms with E-state index in [-0.39, 0.29) is 6.61 Å². The first-order valence-electron chi connectivity index (χ1n) is 7.79. The van der Waals surface area contributed by atoms with Crippen LogP contribution < -0.4 is 20.5 Å². The summed E-state index contributed by atoms with van der Waals surface area (Å²) >= 11 is 0. The van der Waals surface area contributed by atoms with E-state index in [0.717, 1.165) is 10.6 Å². The molecular weight excluding hydrogens is 322 g/mol. The maximum absolute atomic E-state index is 12.7. The summed E-state index contributed by atoms with van der Waals surface area (Å²) < 4.78 is 10.1. The molecule has 3 amide bonds. The second-order valence-corrected chi connectivity index (χ2v) is 5.12. The van der Waals surface area contributed by atoms with Crippen LogP contribution in [0.5, 0.6) is 5.75 Å². The van der Waals surface area contributed by atoms with Gasteiger partial charge in [-0.1, -0.05) is 18.2 Å². The zero-order valence-corrected chi connectivity index (χ0v) is 14.4. The Hall–Kier alpha value is -3.22. The van der Waals surface area contributed by atoms with Crippen molar-refractivity contribution in [3.63, 3.8) is 0 Å². The fraction of sp³-hybridized carbons (Fsp3) is 0.222. The average Bonchev–Trinajstić information content (AvgIpc) is 2.61. The Morgan fingerprint density at radius 3 is 2.44 bits per heavy atom. The molecule has 7 heteroatoms. The highest BCUT2D eigenvalue weighted by Crippen LogP contribution is 2.24. The van der Waals surface area contributed by atoms with Crippen LogP contribution in [0.3, 0.4) is 0 Å². The van der Waals surface area contributed by atoms with E-state index in [9.17, 15) is 9.59 Å². The number of para-hydroxylation sites is 1. The van der Waals surface area contributed by atoms with E-state index >= 15 is 0 Å². The van der Waals surface area contributed by atoms with Crippen LogP contribution in [0.1, 0.15) is 12.5 Å². The van der Waals surface area contributed by atoms with Gasteiger partial charge in [0, 0.05) is 5.69 Å². The number of hydrogen-bond donors (Lipinski definition) is 2. The molecule has 0 atom stereocenters. The second-order valence-electron chi connectivity index (χ2n) is 5.12. The highest BCUT2D eigenvalue weighted by Gasteiger charge is 2.21. The van der Waals surface area contributed by atoms with E-state index in [1.54, 1.807) is 56.5 Å². The Labute approximate surface area is 146 Å². The average molecular weight is 343 g/mol. The number of rotatable bonds is 4. The van der Waals surface area contributed by atoms with Gasteiger partial charge in [0.1, 0.15) is 5.75 Å². The van der Waals surface area contributed by atoms with Gasteiger partial charge in [-0.15, -0.1) is 0 Å². The minimum Gasteiger partial charge on any atom is -0.497 e. The third-order valence-corrected chi connectivity index (χ3v) is 3.35. The molecule has 0 aliphatic heterocycles. The van der Waals surface area contributed by atoms with Crippen LogP contribution in [0.25, 0.3) is 0 Å². The monoisotopic (exact) mass is 343 g/mol. The molecule has 0 heterocycles. The number of hydrogen-bond acceptors (Lipinski definition) is 4. The van der Waals surface area contributed by atoms with Crippen LogP contribution in [0.15, 0.2) is 48.5 Å². The molecule has 0 saturated carbocycles. The lowest BCUT2D eigenvalue weighted by Gasteiger charge is -2.25. The summed E-state index contributed by atoms with van der Waals surface area (Å²) in [5, 5.41) is 3.84. The van der Waals surface area contributed by atoms with Crippen LogP contribution >= 0.6 is 0 Å². The van der Waals surface area contributed by atoms with Crippen LogP contribution in [0.2, 0.25) is 0 Å². The molecule has 0 aliphatic carbocycles. The van der Waals surface area contributed by atoms with Gasteiger partial charge in [0.2, 0.25) is 0 Å². The van der Waals surface area contributed by atoms with E-state index < -0.39 is 12.1 Å². The zero-order chi connectivity index (χ0) is 18.2. The largest absolute Gasteiger partial charge is 0.497 e. The van der Waals surface area contributed by atoms with Crippen LogP contribution in [-0.4, -0.2) is 25.8 Å². The number of aryl methyl sites for hydroxylation is 1. The number of hydrazine groups is 1. The lowest BCUT2D eigenvalue weighted by Crippen LogP contribution is -2.49. The van der Waals surface area contributed by atoms with Gasteiger partial charge in [0.05, 0.1) is 19.4 Å². The number of ether oxygens (including phenoxy) is 2. The number of amides is 3. The quantitative estimate of drug-likeness (QED) is 0.830. The lowest BCUT2D eigenvalue weighted by atomic mass is 10.2. The Bertz CT molecular complexity index is 734. The van der Waals surface area contributed by atoms with Crippen molar-refractivity contribution in [3.05, 3.63) is 54.1 Å². The smallest absolute Gasteiger partial charge is 0.426 e. The molecule has 0 aliphatic rings. The molecule has 2 aromatic carbocycles. The summed E-state index contributed by atoms with van der Waals surface area (Å²) in [6.07, 6.45) is -0.721. The van der Waals surface area contributed by atoms with Crippen molar-refractivity contribution in [3.8, 4) is 5.75 Å². The molecule has 0 aromatic heterocycles. The molecule has 7 nitrogen and oxygen atoms in total. The Balaban J connectivity index is 2.29. The van der Waals surface area contributed by atoms with E-state index in [2.05, 4.69) is 10.7 Å².